The van der Waals surface area contributed by atoms with Crippen LogP contribution in [0.25, 0.3) is 0 Å². The van der Waals surface area contributed by atoms with Gasteiger partial charge in [-0.25, -0.2) is 0 Å². The van der Waals surface area contributed by atoms with Crippen LogP contribution in [0, 0.1) is 0 Å². The lowest BCUT2D eigenvalue weighted by Gasteiger charge is -2.28. The molecule has 0 rings (SSSR count). The van der Waals surface area contributed by atoms with Crippen molar-refractivity contribution in [2.45, 2.75) is 174 Å². The summed E-state index contributed by atoms with van der Waals surface area (Å²) in [5, 5.41) is 0. The van der Waals surface area contributed by atoms with E-state index in [9.17, 15) is 14.3 Å². The van der Waals surface area contributed by atoms with E-state index in [0.29, 0.717) is 17.6 Å². The van der Waals surface area contributed by atoms with E-state index in [1.54, 1.807) is 0 Å². The minimum atomic E-state index is -4.55. The lowest BCUT2D eigenvalue weighted by molar-refractivity contribution is -0.870. The lowest BCUT2D eigenvalue weighted by Crippen LogP contribution is -2.37. The zero-order valence-electron chi connectivity index (χ0n) is 41.9. The van der Waals surface area contributed by atoms with Crippen LogP contribution in [0.3, 0.4) is 0 Å². The summed E-state index contributed by atoms with van der Waals surface area (Å²) in [6.45, 7) is 5.07. The van der Waals surface area contributed by atoms with E-state index in [1.165, 1.54) is 19.3 Å². The predicted molar refractivity (Wildman–Crippen MR) is 277 cm³/mol. The first-order valence-electron chi connectivity index (χ1n) is 25.3. The maximum atomic E-state index is 12.8. The predicted octanol–water partition coefficient (Wildman–Crippen LogP) is 15.1. The SMILES string of the molecule is CC/C=C\C/C=C\C/C=C\C/C=C\C/C=C\CCCCCCCCCC(=O)OC(COCCCCCC/C=C\C/C=C\C/C=C\C/C=C\C/C=C\CC)COP(=O)([O-])OCC[N+](C)(C)C. The summed E-state index contributed by atoms with van der Waals surface area (Å²) in [5.41, 5.74) is 0. The molecule has 0 saturated carbocycles. The zero-order chi connectivity index (χ0) is 47.6. The van der Waals surface area contributed by atoms with Gasteiger partial charge in [0.15, 0.2) is 0 Å². The van der Waals surface area contributed by atoms with Crippen LogP contribution in [0.2, 0.25) is 0 Å². The normalized spacial score (nSPS) is 14.6. The first-order valence-corrected chi connectivity index (χ1v) is 26.7. The molecule has 0 N–H and O–H groups in total. The van der Waals surface area contributed by atoms with Gasteiger partial charge in [0.2, 0.25) is 0 Å². The van der Waals surface area contributed by atoms with Crippen LogP contribution in [-0.4, -0.2) is 70.7 Å². The fourth-order valence-corrected chi connectivity index (χ4v) is 6.92. The van der Waals surface area contributed by atoms with Crippen LogP contribution in [-0.2, 0) is 27.9 Å². The van der Waals surface area contributed by atoms with E-state index in [2.05, 4.69) is 135 Å². The Morgan fingerprint density at radius 1 is 0.477 bits per heavy atom. The summed E-state index contributed by atoms with van der Waals surface area (Å²) >= 11 is 0. The summed E-state index contributed by atoms with van der Waals surface area (Å²) in [5.74, 6) is -0.360. The number of nitrogens with zero attached hydrogens (tertiary/aromatic N) is 1. The third-order valence-electron chi connectivity index (χ3n) is 10.0. The number of hydrogen-bond donors (Lipinski definition) is 0. The van der Waals surface area contributed by atoms with Crippen LogP contribution in [0.4, 0.5) is 0 Å². The van der Waals surface area contributed by atoms with Crippen LogP contribution in [0.15, 0.2) is 122 Å². The minimum absolute atomic E-state index is 0.0105. The van der Waals surface area contributed by atoms with Crippen molar-refractivity contribution in [3.05, 3.63) is 122 Å². The van der Waals surface area contributed by atoms with Crippen molar-refractivity contribution >= 4 is 13.8 Å². The molecule has 2 atom stereocenters. The molecule has 0 aromatic carbocycles. The Hall–Kier alpha value is -3.10. The lowest BCUT2D eigenvalue weighted by atomic mass is 10.1. The average Bonchev–Trinajstić information content (AvgIpc) is 3.27. The Morgan fingerprint density at radius 2 is 0.846 bits per heavy atom. The number of phosphoric acid groups is 1. The number of ether oxygens (including phenoxy) is 2. The minimum Gasteiger partial charge on any atom is -0.756 e. The number of quaternary nitrogens is 1. The van der Waals surface area contributed by atoms with Gasteiger partial charge in [-0.2, -0.15) is 0 Å². The second-order valence-electron chi connectivity index (χ2n) is 17.4. The number of unbranched alkanes of at least 4 members (excludes halogenated alkanes) is 11. The smallest absolute Gasteiger partial charge is 0.306 e. The number of likely N-dealkylation sites (N-methyl/N-ethyl adjacent to an activating group) is 1. The van der Waals surface area contributed by atoms with Crippen molar-refractivity contribution in [3.63, 3.8) is 0 Å². The van der Waals surface area contributed by atoms with Gasteiger partial charge < -0.3 is 27.9 Å². The summed E-state index contributed by atoms with van der Waals surface area (Å²) in [4.78, 5) is 25.2. The highest BCUT2D eigenvalue weighted by molar-refractivity contribution is 7.45. The van der Waals surface area contributed by atoms with Gasteiger partial charge in [0.1, 0.15) is 19.3 Å². The Labute approximate surface area is 399 Å². The third kappa shape index (κ3) is 51.7. The Morgan fingerprint density at radius 3 is 1.26 bits per heavy atom. The van der Waals surface area contributed by atoms with Crippen LogP contribution in [0.1, 0.15) is 168 Å². The first-order chi connectivity index (χ1) is 31.6. The van der Waals surface area contributed by atoms with Gasteiger partial charge in [-0.15, -0.1) is 0 Å². The fourth-order valence-electron chi connectivity index (χ4n) is 6.19. The van der Waals surface area contributed by atoms with E-state index in [0.717, 1.165) is 128 Å². The van der Waals surface area contributed by atoms with Crippen molar-refractivity contribution in [1.82, 2.24) is 0 Å². The number of esters is 1. The van der Waals surface area contributed by atoms with E-state index < -0.39 is 13.9 Å². The fraction of sp³-hybridized carbons (Fsp3) is 0.625. The molecule has 0 amide bonds. The van der Waals surface area contributed by atoms with E-state index in [1.807, 2.05) is 21.1 Å². The zero-order valence-corrected chi connectivity index (χ0v) is 42.8. The molecule has 8 nitrogen and oxygen atoms in total. The highest BCUT2D eigenvalue weighted by Gasteiger charge is 2.20. The number of hydrogen-bond acceptors (Lipinski definition) is 7. The molecule has 0 saturated heterocycles. The number of allylic oxidation sites excluding steroid dienone is 20. The standard InChI is InChI=1S/C56H94NO7P/c1-6-8-10-12-14-16-18-20-22-24-26-28-29-30-31-33-35-37-39-41-43-45-47-49-56(58)64-55(54-63-65(59,60)62-52-50-57(3,4)5)53-61-51-48-46-44-42-40-38-36-34-32-27-25-23-21-19-17-15-13-11-9-7-2/h8-11,14-17,20-23,26-28,30-32,36,38,55H,6-7,12-13,18-19,24-25,29,33-35,37,39-54H2,1-5H3/b10-8-,11-9-,16-14-,17-15-,22-20-,23-21-,28-26-,31-30-,32-27-,38-36-. The van der Waals surface area contributed by atoms with Gasteiger partial charge in [-0.05, 0) is 103 Å². The Balaban J connectivity index is 4.27. The monoisotopic (exact) mass is 924 g/mol. The molecule has 65 heavy (non-hydrogen) atoms. The van der Waals surface area contributed by atoms with Crippen molar-refractivity contribution in [3.8, 4) is 0 Å². The summed E-state index contributed by atoms with van der Waals surface area (Å²) in [7, 11) is 1.31. The molecular weight excluding hydrogens is 830 g/mol. The van der Waals surface area contributed by atoms with E-state index in [4.69, 9.17) is 18.5 Å². The van der Waals surface area contributed by atoms with Gasteiger partial charge in [0, 0.05) is 13.0 Å². The molecule has 0 aliphatic carbocycles. The van der Waals surface area contributed by atoms with Crippen LogP contribution in [0.5, 0.6) is 0 Å². The summed E-state index contributed by atoms with van der Waals surface area (Å²) < 4.78 is 34.7. The maximum absolute atomic E-state index is 12.8. The average molecular weight is 924 g/mol. The van der Waals surface area contributed by atoms with Crippen LogP contribution >= 0.6 is 7.82 Å². The molecule has 370 valence electrons. The number of carbonyl (C=O) groups excluding carboxylic acids is 1. The van der Waals surface area contributed by atoms with Gasteiger partial charge in [0.25, 0.3) is 7.82 Å². The molecule has 9 heteroatoms. The van der Waals surface area contributed by atoms with Gasteiger partial charge in [0.05, 0.1) is 34.4 Å². The second-order valence-corrected chi connectivity index (χ2v) is 18.8. The molecule has 0 aliphatic heterocycles. The number of phosphoric ester groups is 1. The third-order valence-corrected chi connectivity index (χ3v) is 11.0. The highest BCUT2D eigenvalue weighted by Crippen LogP contribution is 2.38. The molecule has 0 aromatic heterocycles. The number of rotatable bonds is 45. The first kappa shape index (κ1) is 61.9. The highest BCUT2D eigenvalue weighted by atomic mass is 31.2. The van der Waals surface area contributed by atoms with Crippen molar-refractivity contribution < 1.29 is 37.3 Å². The molecule has 0 heterocycles. The molecule has 0 aromatic rings. The maximum Gasteiger partial charge on any atom is 0.306 e. The quantitative estimate of drug-likeness (QED) is 0.0197. The van der Waals surface area contributed by atoms with Crippen molar-refractivity contribution in [2.24, 2.45) is 0 Å². The second kappa shape index (κ2) is 47.4. The van der Waals surface area contributed by atoms with E-state index in [-0.39, 0.29) is 32.2 Å². The molecule has 0 spiro atoms. The topological polar surface area (TPSA) is 94.1 Å². The summed E-state index contributed by atoms with van der Waals surface area (Å²) in [6, 6.07) is 0. The van der Waals surface area contributed by atoms with Crippen molar-refractivity contribution in [1.29, 1.82) is 0 Å². The van der Waals surface area contributed by atoms with Crippen LogP contribution < -0.4 is 4.89 Å². The molecule has 2 unspecified atom stereocenters. The van der Waals surface area contributed by atoms with E-state index >= 15 is 0 Å². The van der Waals surface area contributed by atoms with Crippen molar-refractivity contribution in [2.75, 3.05) is 54.1 Å². The van der Waals surface area contributed by atoms with Gasteiger partial charge in [-0.1, -0.05) is 180 Å². The molecule has 0 radical (unpaired) electrons. The molecule has 0 aliphatic rings. The Bertz CT molecular complexity index is 1450. The number of carbonyl (C=O) groups is 1. The molecule has 0 bridgehead atoms. The van der Waals surface area contributed by atoms with Gasteiger partial charge >= 0.3 is 5.97 Å². The molecular formula is C56H94NO7P. The Kier molecular flexibility index (Phi) is 45.1. The summed E-state index contributed by atoms with van der Waals surface area (Å²) in [6.07, 6.45) is 67.9. The molecule has 0 fully saturated rings. The van der Waals surface area contributed by atoms with Gasteiger partial charge in [-0.3, -0.25) is 9.36 Å². The largest absolute Gasteiger partial charge is 0.756 e.